The Hall–Kier alpha value is -1.56. The molecule has 0 amide bonds. The van der Waals surface area contributed by atoms with E-state index in [0.717, 1.165) is 23.7 Å². The van der Waals surface area contributed by atoms with Crippen LogP contribution in [-0.4, -0.2) is 0 Å². The maximum atomic E-state index is 7.50. The van der Waals surface area contributed by atoms with Crippen molar-refractivity contribution < 1.29 is 62.1 Å². The van der Waals surface area contributed by atoms with Gasteiger partial charge in [0.2, 0.25) is 0 Å². The summed E-state index contributed by atoms with van der Waals surface area (Å²) in [5.41, 5.74) is 0. The topological polar surface area (TPSA) is 119 Å². The van der Waals surface area contributed by atoms with Crippen molar-refractivity contribution in [3.63, 3.8) is 0 Å². The summed E-state index contributed by atoms with van der Waals surface area (Å²) in [4.78, 5) is 0. The van der Waals surface area contributed by atoms with E-state index in [-0.39, 0.29) is 34.1 Å². The van der Waals surface area contributed by atoms with Gasteiger partial charge in [0.1, 0.15) is 0 Å². The summed E-state index contributed by atoms with van der Waals surface area (Å²) in [6.45, 7) is 27.0. The van der Waals surface area contributed by atoms with Crippen LogP contribution in [0.25, 0.3) is 0 Å². The van der Waals surface area contributed by atoms with E-state index in [1.54, 1.807) is 0 Å². The van der Waals surface area contributed by atoms with Crippen molar-refractivity contribution in [2.75, 3.05) is 0 Å². The zero-order valence-electron chi connectivity index (χ0n) is 13.1. The molecule has 134 valence electrons. The molecule has 0 aromatic carbocycles. The van der Waals surface area contributed by atoms with Gasteiger partial charge in [0, 0.05) is 34.1 Å². The average molecular weight is 434 g/mol. The molecule has 0 aliphatic heterocycles. The largest absolute Gasteiger partial charge is 0 e. The van der Waals surface area contributed by atoms with Crippen LogP contribution in [-0.2, 0) is 62.1 Å². The standard InChI is InChI=1S/C12H12.6CO.2Mn/c1-2-6-10-9(5-1)11-7-3-4-8-12(10)11;6*1-2;;/h1-12H;;;;;;;;. The monoisotopic (exact) mass is 434 g/mol. The molecular formula is C18H12Mn2O6. The molecule has 0 atom stereocenters. The van der Waals surface area contributed by atoms with Gasteiger partial charge < -0.3 is 0 Å². The van der Waals surface area contributed by atoms with Crippen molar-refractivity contribution in [2.24, 2.45) is 23.7 Å². The van der Waals surface area contributed by atoms with Gasteiger partial charge in [0.25, 0.3) is 0 Å². The van der Waals surface area contributed by atoms with Crippen LogP contribution >= 0.6 is 0 Å². The molecule has 3 aliphatic rings. The van der Waals surface area contributed by atoms with E-state index in [9.17, 15) is 0 Å². The molecule has 3 aliphatic carbocycles. The van der Waals surface area contributed by atoms with Crippen LogP contribution in [0.2, 0.25) is 0 Å². The fourth-order valence-corrected chi connectivity index (χ4v) is 2.68. The Morgan fingerprint density at radius 3 is 0.577 bits per heavy atom. The van der Waals surface area contributed by atoms with Gasteiger partial charge in [-0.15, -0.1) is 0 Å². The first kappa shape index (κ1) is 39.5. The van der Waals surface area contributed by atoms with E-state index in [1.807, 2.05) is 0 Å². The zero-order valence-corrected chi connectivity index (χ0v) is 15.5. The number of hydrogen-bond acceptors (Lipinski definition) is 0. The van der Waals surface area contributed by atoms with E-state index in [2.05, 4.69) is 88.5 Å². The third kappa shape index (κ3) is 12.8. The van der Waals surface area contributed by atoms with Crippen LogP contribution in [0.3, 0.4) is 0 Å². The van der Waals surface area contributed by atoms with Gasteiger partial charge in [0.15, 0.2) is 0 Å². The van der Waals surface area contributed by atoms with Crippen molar-refractivity contribution >= 4 is 0 Å². The Balaban J connectivity index is -0.0000000625. The number of rotatable bonds is 0. The first-order valence-corrected chi connectivity index (χ1v) is 5.89. The molecule has 0 N–H and O–H groups in total. The van der Waals surface area contributed by atoms with Gasteiger partial charge in [-0.3, -0.25) is 0 Å². The Kier molecular flexibility index (Phi) is 52.7. The number of allylic oxidation sites excluding steroid dienone is 8. The molecule has 6 nitrogen and oxygen atoms in total. The van der Waals surface area contributed by atoms with Gasteiger partial charge in [-0.25, -0.2) is 0 Å². The van der Waals surface area contributed by atoms with Crippen molar-refractivity contribution in [3.8, 4) is 0 Å². The summed E-state index contributed by atoms with van der Waals surface area (Å²) in [6.07, 6.45) is 18.2. The van der Waals surface area contributed by atoms with Crippen LogP contribution < -0.4 is 0 Å². The fraction of sp³-hybridized carbons (Fsp3) is 0.222. The van der Waals surface area contributed by atoms with E-state index < -0.39 is 0 Å². The molecule has 0 unspecified atom stereocenters. The normalized spacial score (nSPS) is 22.0. The second kappa shape index (κ2) is 34.7. The molecule has 0 saturated heterocycles. The Bertz CT molecular complexity index is 431. The van der Waals surface area contributed by atoms with Crippen LogP contribution in [0.4, 0.5) is 0 Å². The molecule has 0 heterocycles. The predicted molar refractivity (Wildman–Crippen MR) is 74.1 cm³/mol. The van der Waals surface area contributed by atoms with Gasteiger partial charge in [-0.05, 0) is 23.7 Å². The summed E-state index contributed by atoms with van der Waals surface area (Å²) in [6, 6.07) is 0. The molecule has 0 bridgehead atoms. The first-order chi connectivity index (χ1) is 12.0. The number of fused-ring (bicyclic) bond motifs is 4. The van der Waals surface area contributed by atoms with E-state index >= 15 is 0 Å². The molecule has 26 heavy (non-hydrogen) atoms. The van der Waals surface area contributed by atoms with Crippen LogP contribution in [0.15, 0.2) is 48.6 Å². The maximum Gasteiger partial charge on any atom is 0 e. The van der Waals surface area contributed by atoms with Crippen molar-refractivity contribution in [2.45, 2.75) is 0 Å². The van der Waals surface area contributed by atoms with Gasteiger partial charge in [-0.1, -0.05) is 48.6 Å². The van der Waals surface area contributed by atoms with Gasteiger partial charge >= 0.3 is 67.8 Å². The smallest absolute Gasteiger partial charge is 0 e. The molecule has 2 radical (unpaired) electrons. The summed E-state index contributed by atoms with van der Waals surface area (Å²) >= 11 is 0. The predicted octanol–water partition coefficient (Wildman–Crippen LogP) is 2.49. The maximum absolute atomic E-state index is 7.50. The SMILES string of the molecule is C1=CC2C(C=C1)C1C=CC=CC21.[C-]#[O+].[C-]#[O+].[C-]#[O+].[C-]#[O+].[C-]#[O+].[C-]#[O+].[Mn].[Mn]. The first-order valence-electron chi connectivity index (χ1n) is 5.89. The van der Waals surface area contributed by atoms with Gasteiger partial charge in [-0.2, -0.15) is 0 Å². The summed E-state index contributed by atoms with van der Waals surface area (Å²) in [5, 5.41) is 0. The second-order valence-corrected chi connectivity index (χ2v) is 3.85. The molecule has 0 aromatic rings. The van der Waals surface area contributed by atoms with Crippen LogP contribution in [0.5, 0.6) is 0 Å². The van der Waals surface area contributed by atoms with Crippen molar-refractivity contribution in [3.05, 3.63) is 88.5 Å². The molecule has 1 fully saturated rings. The van der Waals surface area contributed by atoms with Crippen molar-refractivity contribution in [1.82, 2.24) is 0 Å². The average Bonchev–Trinajstić information content (AvgIpc) is 2.75. The molecule has 8 heteroatoms. The minimum absolute atomic E-state index is 0. The number of hydrogen-bond donors (Lipinski definition) is 0. The Morgan fingerprint density at radius 1 is 0.346 bits per heavy atom. The molecule has 0 spiro atoms. The van der Waals surface area contributed by atoms with Crippen molar-refractivity contribution in [1.29, 1.82) is 0 Å². The molecule has 1 saturated carbocycles. The molecular weight excluding hydrogens is 422 g/mol. The summed E-state index contributed by atoms with van der Waals surface area (Å²) < 4.78 is 45.0. The van der Waals surface area contributed by atoms with E-state index in [0.29, 0.717) is 0 Å². The van der Waals surface area contributed by atoms with Crippen LogP contribution in [0, 0.1) is 63.6 Å². The summed E-state index contributed by atoms with van der Waals surface area (Å²) in [5.74, 6) is 3.17. The van der Waals surface area contributed by atoms with E-state index in [4.69, 9.17) is 27.9 Å². The third-order valence-corrected chi connectivity index (χ3v) is 3.33. The Morgan fingerprint density at radius 2 is 0.462 bits per heavy atom. The fourth-order valence-electron chi connectivity index (χ4n) is 2.68. The second-order valence-electron chi connectivity index (χ2n) is 3.85. The van der Waals surface area contributed by atoms with Crippen LogP contribution in [0.1, 0.15) is 0 Å². The zero-order chi connectivity index (χ0) is 20.0. The quantitative estimate of drug-likeness (QED) is 0.316. The third-order valence-electron chi connectivity index (χ3n) is 3.33. The molecule has 3 rings (SSSR count). The minimum atomic E-state index is 0. The van der Waals surface area contributed by atoms with E-state index in [1.165, 1.54) is 0 Å². The van der Waals surface area contributed by atoms with Gasteiger partial charge in [0.05, 0.1) is 0 Å². The minimum Gasteiger partial charge on any atom is 0 e. The molecule has 0 aromatic heterocycles. The summed E-state index contributed by atoms with van der Waals surface area (Å²) in [7, 11) is 0. The Labute approximate surface area is 174 Å².